The van der Waals surface area contributed by atoms with E-state index in [1.807, 2.05) is 0 Å². The van der Waals surface area contributed by atoms with Gasteiger partial charge in [0.15, 0.2) is 0 Å². The molecule has 2 fully saturated rings. The van der Waals surface area contributed by atoms with E-state index in [1.165, 1.54) is 45.2 Å². The summed E-state index contributed by atoms with van der Waals surface area (Å²) in [6.45, 7) is 7.45. The summed E-state index contributed by atoms with van der Waals surface area (Å²) in [7, 11) is 0. The van der Waals surface area contributed by atoms with E-state index in [-0.39, 0.29) is 0 Å². The first-order valence-corrected chi connectivity index (χ1v) is 6.49. The molecular weight excluding hydrogens is 170 g/mol. The molecule has 1 nitrogen and oxygen atoms in total. The van der Waals surface area contributed by atoms with Crippen LogP contribution < -0.4 is 5.32 Å². The molecule has 2 aliphatic rings. The van der Waals surface area contributed by atoms with Gasteiger partial charge < -0.3 is 5.32 Å². The fourth-order valence-electron chi connectivity index (χ4n) is 3.54. The lowest BCUT2D eigenvalue weighted by Gasteiger charge is -2.33. The zero-order chi connectivity index (χ0) is 9.97. The third-order valence-corrected chi connectivity index (χ3v) is 4.65. The molecule has 0 radical (unpaired) electrons. The predicted octanol–water partition coefficient (Wildman–Crippen LogP) is 3.06. The van der Waals surface area contributed by atoms with Crippen molar-refractivity contribution in [3.8, 4) is 0 Å². The average molecular weight is 195 g/mol. The van der Waals surface area contributed by atoms with Crippen molar-refractivity contribution < 1.29 is 0 Å². The topological polar surface area (TPSA) is 12.0 Å². The Kier molecular flexibility index (Phi) is 3.48. The lowest BCUT2D eigenvalue weighted by Crippen LogP contribution is -2.27. The zero-order valence-corrected chi connectivity index (χ0v) is 9.76. The Morgan fingerprint density at radius 3 is 2.36 bits per heavy atom. The van der Waals surface area contributed by atoms with E-state index in [9.17, 15) is 0 Å². The molecule has 2 rings (SSSR count). The Hall–Kier alpha value is -0.0400. The summed E-state index contributed by atoms with van der Waals surface area (Å²) < 4.78 is 0. The highest BCUT2D eigenvalue weighted by atomic mass is 14.9. The molecule has 0 amide bonds. The Morgan fingerprint density at radius 2 is 1.79 bits per heavy atom. The van der Waals surface area contributed by atoms with Crippen LogP contribution in [0.1, 0.15) is 46.0 Å². The SMILES string of the molecule is CC1CNCC1C(C)C1CCCCC1. The number of rotatable bonds is 2. The van der Waals surface area contributed by atoms with Gasteiger partial charge in [0.1, 0.15) is 0 Å². The van der Waals surface area contributed by atoms with Crippen LogP contribution in [0.5, 0.6) is 0 Å². The van der Waals surface area contributed by atoms with Crippen molar-refractivity contribution in [3.63, 3.8) is 0 Å². The second-order valence-corrected chi connectivity index (χ2v) is 5.56. The molecule has 1 aliphatic carbocycles. The second-order valence-electron chi connectivity index (χ2n) is 5.56. The molecule has 1 aliphatic heterocycles. The van der Waals surface area contributed by atoms with Crippen molar-refractivity contribution in [1.82, 2.24) is 5.32 Å². The fourth-order valence-corrected chi connectivity index (χ4v) is 3.54. The molecule has 1 heteroatoms. The molecule has 1 saturated carbocycles. The fraction of sp³-hybridized carbons (Fsp3) is 1.00. The van der Waals surface area contributed by atoms with Crippen LogP contribution in [0.15, 0.2) is 0 Å². The Labute approximate surface area is 88.7 Å². The molecule has 0 aromatic rings. The van der Waals surface area contributed by atoms with Crippen LogP contribution in [-0.2, 0) is 0 Å². The maximum atomic E-state index is 3.54. The van der Waals surface area contributed by atoms with Crippen LogP contribution in [0.4, 0.5) is 0 Å². The molecule has 0 aromatic heterocycles. The van der Waals surface area contributed by atoms with Crippen molar-refractivity contribution in [1.29, 1.82) is 0 Å². The van der Waals surface area contributed by atoms with Gasteiger partial charge in [0.25, 0.3) is 0 Å². The molecule has 14 heavy (non-hydrogen) atoms. The normalized spacial score (nSPS) is 37.3. The number of nitrogens with one attached hydrogen (secondary N) is 1. The minimum Gasteiger partial charge on any atom is -0.316 e. The van der Waals surface area contributed by atoms with Gasteiger partial charge in [-0.05, 0) is 36.8 Å². The summed E-state index contributed by atoms with van der Waals surface area (Å²) in [5.74, 6) is 3.86. The summed E-state index contributed by atoms with van der Waals surface area (Å²) in [5, 5.41) is 3.54. The largest absolute Gasteiger partial charge is 0.316 e. The van der Waals surface area contributed by atoms with E-state index in [4.69, 9.17) is 0 Å². The second kappa shape index (κ2) is 4.65. The van der Waals surface area contributed by atoms with Gasteiger partial charge in [-0.1, -0.05) is 46.0 Å². The highest BCUT2D eigenvalue weighted by molar-refractivity contribution is 4.85. The van der Waals surface area contributed by atoms with E-state index in [0.717, 1.165) is 23.7 Å². The zero-order valence-electron chi connectivity index (χ0n) is 9.76. The van der Waals surface area contributed by atoms with Crippen molar-refractivity contribution in [3.05, 3.63) is 0 Å². The van der Waals surface area contributed by atoms with E-state index in [2.05, 4.69) is 19.2 Å². The quantitative estimate of drug-likeness (QED) is 0.714. The Balaban J connectivity index is 1.89. The maximum absolute atomic E-state index is 3.54. The Bertz CT molecular complexity index is 172. The third-order valence-electron chi connectivity index (χ3n) is 4.65. The van der Waals surface area contributed by atoms with Gasteiger partial charge in [-0.3, -0.25) is 0 Å². The summed E-state index contributed by atoms with van der Waals surface area (Å²) >= 11 is 0. The highest BCUT2D eigenvalue weighted by Crippen LogP contribution is 2.37. The van der Waals surface area contributed by atoms with Gasteiger partial charge in [-0.2, -0.15) is 0 Å². The predicted molar refractivity (Wildman–Crippen MR) is 61.3 cm³/mol. The summed E-state index contributed by atoms with van der Waals surface area (Å²) in [6, 6.07) is 0. The molecule has 3 atom stereocenters. The molecule has 0 spiro atoms. The monoisotopic (exact) mass is 195 g/mol. The summed E-state index contributed by atoms with van der Waals surface area (Å²) in [4.78, 5) is 0. The third kappa shape index (κ3) is 2.13. The minimum atomic E-state index is 0.909. The van der Waals surface area contributed by atoms with Crippen LogP contribution >= 0.6 is 0 Å². The van der Waals surface area contributed by atoms with Crippen LogP contribution in [0.2, 0.25) is 0 Å². The molecule has 82 valence electrons. The molecule has 1 heterocycles. The molecule has 0 aromatic carbocycles. The first-order valence-electron chi connectivity index (χ1n) is 6.49. The van der Waals surface area contributed by atoms with Gasteiger partial charge in [-0.15, -0.1) is 0 Å². The van der Waals surface area contributed by atoms with Crippen LogP contribution in [-0.4, -0.2) is 13.1 Å². The number of hydrogen-bond donors (Lipinski definition) is 1. The molecule has 0 bridgehead atoms. The van der Waals surface area contributed by atoms with Crippen molar-refractivity contribution in [2.45, 2.75) is 46.0 Å². The van der Waals surface area contributed by atoms with Gasteiger partial charge in [0, 0.05) is 0 Å². The van der Waals surface area contributed by atoms with Crippen LogP contribution in [0, 0.1) is 23.7 Å². The molecule has 1 saturated heterocycles. The van der Waals surface area contributed by atoms with Crippen LogP contribution in [0.3, 0.4) is 0 Å². The summed E-state index contributed by atoms with van der Waals surface area (Å²) in [6.07, 6.45) is 7.48. The van der Waals surface area contributed by atoms with Crippen molar-refractivity contribution >= 4 is 0 Å². The lowest BCUT2D eigenvalue weighted by atomic mass is 9.72. The minimum absolute atomic E-state index is 0.909. The van der Waals surface area contributed by atoms with E-state index in [1.54, 1.807) is 0 Å². The Morgan fingerprint density at radius 1 is 1.07 bits per heavy atom. The van der Waals surface area contributed by atoms with E-state index < -0.39 is 0 Å². The molecule has 3 unspecified atom stereocenters. The summed E-state index contributed by atoms with van der Waals surface area (Å²) in [5.41, 5.74) is 0. The first kappa shape index (κ1) is 10.5. The smallest absolute Gasteiger partial charge is 0.00147 e. The van der Waals surface area contributed by atoms with Gasteiger partial charge in [-0.25, -0.2) is 0 Å². The first-order chi connectivity index (χ1) is 6.79. The van der Waals surface area contributed by atoms with Crippen molar-refractivity contribution in [2.24, 2.45) is 23.7 Å². The van der Waals surface area contributed by atoms with Gasteiger partial charge >= 0.3 is 0 Å². The lowest BCUT2D eigenvalue weighted by molar-refractivity contribution is 0.179. The maximum Gasteiger partial charge on any atom is -0.00147 e. The van der Waals surface area contributed by atoms with E-state index >= 15 is 0 Å². The van der Waals surface area contributed by atoms with E-state index in [0.29, 0.717) is 0 Å². The molecule has 1 N–H and O–H groups in total. The highest BCUT2D eigenvalue weighted by Gasteiger charge is 2.32. The van der Waals surface area contributed by atoms with Gasteiger partial charge in [0.05, 0.1) is 0 Å². The average Bonchev–Trinajstić information content (AvgIpc) is 2.65. The number of hydrogen-bond acceptors (Lipinski definition) is 1. The standard InChI is InChI=1S/C13H25N/c1-10-8-14-9-13(10)11(2)12-6-4-3-5-7-12/h10-14H,3-9H2,1-2H3. The van der Waals surface area contributed by atoms with Gasteiger partial charge in [0.2, 0.25) is 0 Å². The van der Waals surface area contributed by atoms with Crippen molar-refractivity contribution in [2.75, 3.05) is 13.1 Å². The van der Waals surface area contributed by atoms with Crippen LogP contribution in [0.25, 0.3) is 0 Å². The molecular formula is C13H25N.